The summed E-state index contributed by atoms with van der Waals surface area (Å²) >= 11 is 1.80. The van der Waals surface area contributed by atoms with E-state index in [0.29, 0.717) is 17.7 Å². The average molecular weight is 316 g/mol. The number of carbonyl (C=O) groups is 1. The minimum Gasteiger partial charge on any atom is -0.392 e. The molecule has 2 rings (SSSR count). The summed E-state index contributed by atoms with van der Waals surface area (Å²) in [6.07, 6.45) is 5.56. The van der Waals surface area contributed by atoms with Gasteiger partial charge in [0.25, 0.3) is 5.91 Å². The molecule has 116 valence electrons. The maximum absolute atomic E-state index is 12.0. The smallest absolute Gasteiger partial charge is 0.251 e. The summed E-state index contributed by atoms with van der Waals surface area (Å²) in [5.41, 5.74) is 1.21. The van der Waals surface area contributed by atoms with Gasteiger partial charge in [0.1, 0.15) is 0 Å². The molecule has 2 aromatic rings. The van der Waals surface area contributed by atoms with Crippen LogP contribution in [0.25, 0.3) is 0 Å². The van der Waals surface area contributed by atoms with Gasteiger partial charge in [-0.1, -0.05) is 18.2 Å². The Labute approximate surface area is 135 Å². The topological polar surface area (TPSA) is 62.2 Å². The number of rotatable bonds is 8. The number of nitrogens with zero attached hydrogens (tertiary/aromatic N) is 1. The van der Waals surface area contributed by atoms with E-state index in [0.717, 1.165) is 18.6 Å². The van der Waals surface area contributed by atoms with Crippen LogP contribution in [0.1, 0.15) is 28.8 Å². The fraction of sp³-hybridized carbons (Fsp3) is 0.294. The van der Waals surface area contributed by atoms with Crippen LogP contribution in [0.3, 0.4) is 0 Å². The summed E-state index contributed by atoms with van der Waals surface area (Å²) in [7, 11) is 0. The molecule has 0 spiro atoms. The Bertz CT molecular complexity index is 590. The molecule has 0 bridgehead atoms. The number of hydrogen-bond acceptors (Lipinski definition) is 4. The first-order valence-corrected chi connectivity index (χ1v) is 8.29. The van der Waals surface area contributed by atoms with Gasteiger partial charge in [0.15, 0.2) is 0 Å². The molecule has 0 unspecified atom stereocenters. The molecule has 0 aliphatic carbocycles. The minimum atomic E-state index is -0.119. The molecule has 0 atom stereocenters. The van der Waals surface area contributed by atoms with Crippen molar-refractivity contribution in [2.24, 2.45) is 0 Å². The van der Waals surface area contributed by atoms with Crippen LogP contribution in [0.15, 0.2) is 53.7 Å². The number of hydrogen-bond donors (Lipinski definition) is 2. The SMILES string of the molecule is O=C(NCCCCSc1ccncc1)c1ccccc1CO. The number of nitrogens with one attached hydrogen (secondary N) is 1. The number of aliphatic hydroxyl groups is 1. The van der Waals surface area contributed by atoms with Gasteiger partial charge >= 0.3 is 0 Å². The molecule has 5 heteroatoms. The van der Waals surface area contributed by atoms with Crippen LogP contribution in [0, 0.1) is 0 Å². The van der Waals surface area contributed by atoms with E-state index in [4.69, 9.17) is 0 Å². The van der Waals surface area contributed by atoms with E-state index < -0.39 is 0 Å². The standard InChI is InChI=1S/C17H20N2O2S/c20-13-14-5-1-2-6-16(14)17(21)19-9-3-4-12-22-15-7-10-18-11-8-15/h1-2,5-8,10-11,20H,3-4,9,12-13H2,(H,19,21). The number of pyridine rings is 1. The van der Waals surface area contributed by atoms with Crippen LogP contribution in [0.5, 0.6) is 0 Å². The summed E-state index contributed by atoms with van der Waals surface area (Å²) in [4.78, 5) is 17.2. The summed E-state index contributed by atoms with van der Waals surface area (Å²) in [5.74, 6) is 0.902. The zero-order valence-corrected chi connectivity index (χ0v) is 13.2. The number of thioether (sulfide) groups is 1. The van der Waals surface area contributed by atoms with E-state index in [2.05, 4.69) is 10.3 Å². The van der Waals surface area contributed by atoms with Crippen LogP contribution < -0.4 is 5.32 Å². The molecular weight excluding hydrogens is 296 g/mol. The lowest BCUT2D eigenvalue weighted by Crippen LogP contribution is -2.25. The van der Waals surface area contributed by atoms with Crippen LogP contribution >= 0.6 is 11.8 Å². The van der Waals surface area contributed by atoms with Crippen molar-refractivity contribution in [3.63, 3.8) is 0 Å². The molecule has 2 N–H and O–H groups in total. The fourth-order valence-electron chi connectivity index (χ4n) is 2.03. The second-order valence-corrected chi connectivity index (χ2v) is 5.98. The van der Waals surface area contributed by atoms with Crippen molar-refractivity contribution in [3.05, 3.63) is 59.9 Å². The molecule has 0 saturated heterocycles. The monoisotopic (exact) mass is 316 g/mol. The minimum absolute atomic E-state index is 0.119. The van der Waals surface area contributed by atoms with Crippen molar-refractivity contribution < 1.29 is 9.90 Å². The molecule has 0 saturated carbocycles. The van der Waals surface area contributed by atoms with Gasteiger partial charge in [-0.3, -0.25) is 9.78 Å². The third-order valence-corrected chi connectivity index (χ3v) is 4.31. The second kappa shape index (κ2) is 9.23. The van der Waals surface area contributed by atoms with E-state index in [-0.39, 0.29) is 12.5 Å². The quantitative estimate of drug-likeness (QED) is 0.581. The summed E-state index contributed by atoms with van der Waals surface area (Å²) in [6.45, 7) is 0.529. The average Bonchev–Trinajstić information content (AvgIpc) is 2.58. The predicted octanol–water partition coefficient (Wildman–Crippen LogP) is 2.88. The predicted molar refractivity (Wildman–Crippen MR) is 88.9 cm³/mol. The fourth-order valence-corrected chi connectivity index (χ4v) is 2.93. The van der Waals surface area contributed by atoms with Crippen LogP contribution in [0.4, 0.5) is 0 Å². The van der Waals surface area contributed by atoms with Crippen molar-refractivity contribution >= 4 is 17.7 Å². The normalized spacial score (nSPS) is 10.4. The van der Waals surface area contributed by atoms with Crippen molar-refractivity contribution in [1.82, 2.24) is 10.3 Å². The third-order valence-electron chi connectivity index (χ3n) is 3.21. The molecule has 1 aromatic heterocycles. The second-order valence-electron chi connectivity index (χ2n) is 4.81. The number of amides is 1. The van der Waals surface area contributed by atoms with Crippen molar-refractivity contribution in [2.75, 3.05) is 12.3 Å². The van der Waals surface area contributed by atoms with E-state index in [1.807, 2.05) is 18.2 Å². The number of aromatic nitrogens is 1. The number of unbranched alkanes of at least 4 members (excludes halogenated alkanes) is 1. The molecule has 0 radical (unpaired) electrons. The Morgan fingerprint density at radius 2 is 1.91 bits per heavy atom. The number of carbonyl (C=O) groups excluding carboxylic acids is 1. The molecule has 4 nitrogen and oxygen atoms in total. The Morgan fingerprint density at radius 1 is 1.14 bits per heavy atom. The molecule has 0 aliphatic heterocycles. The maximum Gasteiger partial charge on any atom is 0.251 e. The highest BCUT2D eigenvalue weighted by molar-refractivity contribution is 7.99. The van der Waals surface area contributed by atoms with Gasteiger partial charge in [-0.15, -0.1) is 11.8 Å². The molecule has 0 aliphatic rings. The van der Waals surface area contributed by atoms with E-state index in [1.54, 1.807) is 42.4 Å². The van der Waals surface area contributed by atoms with Crippen LogP contribution in [-0.2, 0) is 6.61 Å². The van der Waals surface area contributed by atoms with E-state index >= 15 is 0 Å². The molecule has 1 amide bonds. The Balaban J connectivity index is 1.65. The first-order chi connectivity index (χ1) is 10.8. The van der Waals surface area contributed by atoms with Gasteiger partial charge in [-0.25, -0.2) is 0 Å². The van der Waals surface area contributed by atoms with Crippen molar-refractivity contribution in [2.45, 2.75) is 24.3 Å². The van der Waals surface area contributed by atoms with Gasteiger partial charge < -0.3 is 10.4 Å². The van der Waals surface area contributed by atoms with Crippen molar-refractivity contribution in [1.29, 1.82) is 0 Å². The number of benzene rings is 1. The zero-order chi connectivity index (χ0) is 15.6. The Hall–Kier alpha value is -1.85. The van der Waals surface area contributed by atoms with Crippen LogP contribution in [-0.4, -0.2) is 28.3 Å². The lowest BCUT2D eigenvalue weighted by molar-refractivity contribution is 0.0950. The highest BCUT2D eigenvalue weighted by Crippen LogP contribution is 2.17. The Kier molecular flexibility index (Phi) is 6.93. The summed E-state index contributed by atoms with van der Waals surface area (Å²) in [6, 6.07) is 11.1. The maximum atomic E-state index is 12.0. The zero-order valence-electron chi connectivity index (χ0n) is 12.4. The van der Waals surface area contributed by atoms with E-state index in [9.17, 15) is 9.90 Å². The van der Waals surface area contributed by atoms with Crippen LogP contribution in [0.2, 0.25) is 0 Å². The third kappa shape index (κ3) is 5.16. The van der Waals surface area contributed by atoms with Crippen molar-refractivity contribution in [3.8, 4) is 0 Å². The molecule has 1 aromatic carbocycles. The molecular formula is C17H20N2O2S. The molecule has 1 heterocycles. The lowest BCUT2D eigenvalue weighted by Gasteiger charge is -2.08. The van der Waals surface area contributed by atoms with Gasteiger partial charge in [0, 0.05) is 29.4 Å². The first kappa shape index (κ1) is 16.5. The first-order valence-electron chi connectivity index (χ1n) is 7.31. The summed E-state index contributed by atoms with van der Waals surface area (Å²) in [5, 5.41) is 12.1. The van der Waals surface area contributed by atoms with Gasteiger partial charge in [0.2, 0.25) is 0 Å². The van der Waals surface area contributed by atoms with Gasteiger partial charge in [-0.05, 0) is 42.4 Å². The lowest BCUT2D eigenvalue weighted by atomic mass is 10.1. The van der Waals surface area contributed by atoms with Gasteiger partial charge in [0.05, 0.1) is 6.61 Å². The Morgan fingerprint density at radius 3 is 2.68 bits per heavy atom. The highest BCUT2D eigenvalue weighted by atomic mass is 32.2. The van der Waals surface area contributed by atoms with E-state index in [1.165, 1.54) is 4.90 Å². The largest absolute Gasteiger partial charge is 0.392 e. The van der Waals surface area contributed by atoms with Gasteiger partial charge in [-0.2, -0.15) is 0 Å². The molecule has 0 fully saturated rings. The summed E-state index contributed by atoms with van der Waals surface area (Å²) < 4.78 is 0. The molecule has 22 heavy (non-hydrogen) atoms. The highest BCUT2D eigenvalue weighted by Gasteiger charge is 2.08. The number of aliphatic hydroxyl groups excluding tert-OH is 1.